The third kappa shape index (κ3) is 1.90. The van der Waals surface area contributed by atoms with Crippen molar-refractivity contribution in [1.29, 1.82) is 0 Å². The normalized spacial score (nSPS) is 9.44. The van der Waals surface area contributed by atoms with E-state index in [1.54, 1.807) is 10.9 Å². The Bertz CT molecular complexity index is 191. The smallest absolute Gasteiger partial charge is 0.0759 e. The fraction of sp³-hybridized carbons (Fsp3) is 0.167. The highest BCUT2D eigenvalue weighted by Gasteiger charge is 1.88. The third-order valence-electron chi connectivity index (χ3n) is 0.893. The van der Waals surface area contributed by atoms with Gasteiger partial charge in [-0.2, -0.15) is 5.10 Å². The first kappa shape index (κ1) is 6.36. The van der Waals surface area contributed by atoms with Crippen LogP contribution in [-0.4, -0.2) is 9.78 Å². The Hall–Kier alpha value is -0.760. The number of hydrogen-bond acceptors (Lipinski definition) is 1. The molecule has 0 aromatic carbocycles. The third-order valence-corrected chi connectivity index (χ3v) is 1.01. The van der Waals surface area contributed by atoms with Crippen molar-refractivity contribution < 1.29 is 0 Å². The first-order valence-corrected chi connectivity index (χ1v) is 2.97. The second kappa shape index (κ2) is 2.69. The van der Waals surface area contributed by atoms with Crippen LogP contribution in [0.2, 0.25) is 0 Å². The predicted molar refractivity (Wildman–Crippen MR) is 37.2 cm³/mol. The molecule has 0 aliphatic rings. The fourth-order valence-electron chi connectivity index (χ4n) is 0.570. The van der Waals surface area contributed by atoms with E-state index in [1.807, 2.05) is 12.3 Å². The maximum Gasteiger partial charge on any atom is 0.0759 e. The van der Waals surface area contributed by atoms with Crippen LogP contribution in [0.4, 0.5) is 0 Å². The Balaban J connectivity index is 2.58. The topological polar surface area (TPSA) is 17.8 Å². The molecule has 0 spiro atoms. The average Bonchev–Trinajstić information content (AvgIpc) is 2.15. The van der Waals surface area contributed by atoms with Crippen LogP contribution in [0.1, 0.15) is 0 Å². The lowest BCUT2D eigenvalue weighted by molar-refractivity contribution is 0.695. The molecule has 9 heavy (non-hydrogen) atoms. The van der Waals surface area contributed by atoms with E-state index in [1.165, 1.54) is 0 Å². The Kier molecular flexibility index (Phi) is 1.90. The Labute approximate surface area is 58.7 Å². The number of allylic oxidation sites excluding steroid dienone is 1. The first-order chi connectivity index (χ1) is 4.29. The Morgan fingerprint density at radius 3 is 3.00 bits per heavy atom. The molecule has 0 fully saturated rings. The molecule has 0 aliphatic heterocycles. The van der Waals surface area contributed by atoms with Crippen molar-refractivity contribution in [3.63, 3.8) is 0 Å². The van der Waals surface area contributed by atoms with Crippen molar-refractivity contribution in [3.05, 3.63) is 30.1 Å². The van der Waals surface area contributed by atoms with Gasteiger partial charge in [0, 0.05) is 17.4 Å². The number of nitrogens with zero attached hydrogens (tertiary/aromatic N) is 2. The van der Waals surface area contributed by atoms with E-state index in [4.69, 9.17) is 11.6 Å². The molecule has 0 N–H and O–H groups in total. The van der Waals surface area contributed by atoms with E-state index >= 15 is 0 Å². The molecule has 1 aromatic rings. The molecule has 0 amide bonds. The average molecular weight is 143 g/mol. The van der Waals surface area contributed by atoms with Crippen molar-refractivity contribution in [2.24, 2.45) is 0 Å². The van der Waals surface area contributed by atoms with Crippen LogP contribution < -0.4 is 0 Å². The van der Waals surface area contributed by atoms with E-state index < -0.39 is 0 Å². The van der Waals surface area contributed by atoms with E-state index in [9.17, 15) is 0 Å². The van der Waals surface area contributed by atoms with Gasteiger partial charge >= 0.3 is 0 Å². The van der Waals surface area contributed by atoms with Gasteiger partial charge < -0.3 is 0 Å². The molecular formula is C6H7ClN2. The van der Waals surface area contributed by atoms with Gasteiger partial charge in [0.25, 0.3) is 0 Å². The number of aromatic nitrogens is 2. The second-order valence-electron chi connectivity index (χ2n) is 1.72. The minimum atomic E-state index is 0.592. The lowest BCUT2D eigenvalue weighted by atomic mass is 10.6. The molecule has 0 saturated heterocycles. The van der Waals surface area contributed by atoms with Crippen LogP contribution in [0.15, 0.2) is 30.1 Å². The van der Waals surface area contributed by atoms with Crippen molar-refractivity contribution >= 4 is 11.6 Å². The van der Waals surface area contributed by atoms with Gasteiger partial charge in [-0.1, -0.05) is 18.2 Å². The zero-order valence-electron chi connectivity index (χ0n) is 4.92. The molecule has 1 heterocycles. The molecule has 0 atom stereocenters. The first-order valence-electron chi connectivity index (χ1n) is 2.60. The lowest BCUT2D eigenvalue weighted by Gasteiger charge is -1.94. The molecule has 0 radical (unpaired) electrons. The number of hydrogen-bond donors (Lipinski definition) is 0. The number of halogens is 1. The Morgan fingerprint density at radius 2 is 2.56 bits per heavy atom. The minimum absolute atomic E-state index is 0.592. The molecule has 0 aliphatic carbocycles. The second-order valence-corrected chi connectivity index (χ2v) is 2.26. The summed E-state index contributed by atoms with van der Waals surface area (Å²) in [5, 5.41) is 4.52. The van der Waals surface area contributed by atoms with Crippen LogP contribution in [-0.2, 0) is 6.54 Å². The van der Waals surface area contributed by atoms with Crippen LogP contribution in [0.3, 0.4) is 0 Å². The summed E-state index contributed by atoms with van der Waals surface area (Å²) in [6.45, 7) is 4.13. The summed E-state index contributed by atoms with van der Waals surface area (Å²) < 4.78 is 1.72. The highest BCUT2D eigenvalue weighted by molar-refractivity contribution is 6.29. The highest BCUT2D eigenvalue weighted by Crippen LogP contribution is 1.99. The quantitative estimate of drug-likeness (QED) is 0.614. The van der Waals surface area contributed by atoms with Gasteiger partial charge in [-0.15, -0.1) is 0 Å². The van der Waals surface area contributed by atoms with Gasteiger partial charge in [0.05, 0.1) is 6.54 Å². The SMILES string of the molecule is C=C(Cl)Cn1cccn1. The Morgan fingerprint density at radius 1 is 1.78 bits per heavy atom. The van der Waals surface area contributed by atoms with E-state index in [0.717, 1.165) is 0 Å². The van der Waals surface area contributed by atoms with Gasteiger partial charge in [-0.25, -0.2) is 0 Å². The summed E-state index contributed by atoms with van der Waals surface area (Å²) >= 11 is 5.51. The molecule has 0 bridgehead atoms. The van der Waals surface area contributed by atoms with Crippen molar-refractivity contribution in [3.8, 4) is 0 Å². The van der Waals surface area contributed by atoms with Crippen molar-refractivity contribution in [2.45, 2.75) is 6.54 Å². The summed E-state index contributed by atoms with van der Waals surface area (Å²) in [5.74, 6) is 0. The monoisotopic (exact) mass is 142 g/mol. The summed E-state index contributed by atoms with van der Waals surface area (Å²) in [4.78, 5) is 0. The molecule has 3 heteroatoms. The van der Waals surface area contributed by atoms with Gasteiger partial charge in [0.15, 0.2) is 0 Å². The van der Waals surface area contributed by atoms with Gasteiger partial charge in [0.1, 0.15) is 0 Å². The molecule has 2 nitrogen and oxygen atoms in total. The summed E-state index contributed by atoms with van der Waals surface area (Å²) in [5.41, 5.74) is 0. The van der Waals surface area contributed by atoms with Crippen LogP contribution >= 0.6 is 11.6 Å². The van der Waals surface area contributed by atoms with E-state index in [2.05, 4.69) is 11.7 Å². The molecule has 0 unspecified atom stereocenters. The van der Waals surface area contributed by atoms with Crippen molar-refractivity contribution in [1.82, 2.24) is 9.78 Å². The molecule has 1 rings (SSSR count). The van der Waals surface area contributed by atoms with E-state index in [0.29, 0.717) is 11.6 Å². The zero-order valence-corrected chi connectivity index (χ0v) is 5.67. The largest absolute Gasteiger partial charge is 0.267 e. The van der Waals surface area contributed by atoms with Gasteiger partial charge in [-0.3, -0.25) is 4.68 Å². The summed E-state index contributed by atoms with van der Waals surface area (Å²) in [7, 11) is 0. The van der Waals surface area contributed by atoms with Crippen LogP contribution in [0.25, 0.3) is 0 Å². The van der Waals surface area contributed by atoms with E-state index in [-0.39, 0.29) is 0 Å². The van der Waals surface area contributed by atoms with Gasteiger partial charge in [0.2, 0.25) is 0 Å². The molecular weight excluding hydrogens is 136 g/mol. The van der Waals surface area contributed by atoms with Gasteiger partial charge in [-0.05, 0) is 6.07 Å². The molecule has 48 valence electrons. The van der Waals surface area contributed by atoms with Crippen LogP contribution in [0, 0.1) is 0 Å². The fourth-order valence-corrected chi connectivity index (χ4v) is 0.692. The lowest BCUT2D eigenvalue weighted by Crippen LogP contribution is -1.96. The minimum Gasteiger partial charge on any atom is -0.267 e. The summed E-state index contributed by atoms with van der Waals surface area (Å²) in [6.07, 6.45) is 3.55. The highest BCUT2D eigenvalue weighted by atomic mass is 35.5. The summed E-state index contributed by atoms with van der Waals surface area (Å²) in [6, 6.07) is 1.85. The molecule has 0 saturated carbocycles. The number of rotatable bonds is 2. The van der Waals surface area contributed by atoms with Crippen LogP contribution in [0.5, 0.6) is 0 Å². The zero-order chi connectivity index (χ0) is 6.69. The standard InChI is InChI=1S/C6H7ClN2/c1-6(7)5-9-4-2-3-8-9/h2-4H,1,5H2. The maximum absolute atomic E-state index is 5.51. The maximum atomic E-state index is 5.51. The molecule has 1 aromatic heterocycles. The van der Waals surface area contributed by atoms with Crippen molar-refractivity contribution in [2.75, 3.05) is 0 Å². The predicted octanol–water partition coefficient (Wildman–Crippen LogP) is 1.64.